The van der Waals surface area contributed by atoms with E-state index in [4.69, 9.17) is 9.84 Å². The fourth-order valence-corrected chi connectivity index (χ4v) is 2.55. The number of anilines is 3. The summed E-state index contributed by atoms with van der Waals surface area (Å²) >= 11 is 1.19. The number of nitrogens with zero attached hydrogens (tertiary/aromatic N) is 4. The van der Waals surface area contributed by atoms with E-state index in [0.29, 0.717) is 27.9 Å². The Morgan fingerprint density at radius 3 is 2.80 bits per heavy atom. The van der Waals surface area contributed by atoms with E-state index < -0.39 is 6.09 Å². The Morgan fingerprint density at radius 1 is 1.28 bits per heavy atom. The summed E-state index contributed by atoms with van der Waals surface area (Å²) in [6.07, 6.45) is 3.85. The molecule has 9 nitrogen and oxygen atoms in total. The third-order valence-electron chi connectivity index (χ3n) is 2.95. The van der Waals surface area contributed by atoms with Crippen molar-refractivity contribution in [2.24, 2.45) is 0 Å². The Bertz CT molecular complexity index is 871. The molecule has 0 bridgehead atoms. The van der Waals surface area contributed by atoms with Crippen LogP contribution in [0, 0.1) is 6.92 Å². The first-order chi connectivity index (χ1) is 12.1. The molecule has 3 heterocycles. The Balaban J connectivity index is 1.74. The summed E-state index contributed by atoms with van der Waals surface area (Å²) < 4.78 is 5.29. The van der Waals surface area contributed by atoms with Gasteiger partial charge in [0.25, 0.3) is 0 Å². The number of aliphatic hydroxyl groups excluding tert-OH is 1. The molecule has 3 rings (SSSR count). The first-order valence-electron chi connectivity index (χ1n) is 7.18. The number of aromatic nitrogens is 4. The number of pyridine rings is 1. The molecule has 3 aromatic heterocycles. The van der Waals surface area contributed by atoms with Gasteiger partial charge in [-0.3, -0.25) is 5.32 Å². The van der Waals surface area contributed by atoms with Crippen LogP contribution in [0.1, 0.15) is 11.4 Å². The van der Waals surface area contributed by atoms with Gasteiger partial charge in [0.15, 0.2) is 5.13 Å². The minimum atomic E-state index is -0.732. The Morgan fingerprint density at radius 2 is 2.08 bits per heavy atom. The second-order valence-corrected chi connectivity index (χ2v) is 5.73. The van der Waals surface area contributed by atoms with Crippen LogP contribution in [0.5, 0.6) is 5.88 Å². The average Bonchev–Trinajstić information content (AvgIpc) is 3.05. The Labute approximate surface area is 146 Å². The molecule has 0 saturated carbocycles. The van der Waals surface area contributed by atoms with Crippen LogP contribution >= 0.6 is 11.3 Å². The lowest BCUT2D eigenvalue weighted by atomic mass is 10.3. The predicted octanol–water partition coefficient (Wildman–Crippen LogP) is 2.48. The monoisotopic (exact) mass is 358 g/mol. The van der Waals surface area contributed by atoms with E-state index in [1.54, 1.807) is 36.8 Å². The van der Waals surface area contributed by atoms with Crippen molar-refractivity contribution >= 4 is 33.9 Å². The van der Waals surface area contributed by atoms with Gasteiger partial charge < -0.3 is 15.2 Å². The lowest BCUT2D eigenvalue weighted by Gasteiger charge is -2.11. The number of hydrogen-bond acceptors (Lipinski definition) is 9. The summed E-state index contributed by atoms with van der Waals surface area (Å²) in [5.41, 5.74) is 2.28. The molecule has 1 amide bonds. The van der Waals surface area contributed by atoms with Gasteiger partial charge in [0.05, 0.1) is 30.4 Å². The molecule has 3 N–H and O–H groups in total. The molecule has 0 saturated heterocycles. The molecule has 0 radical (unpaired) electrons. The number of amides is 1. The summed E-state index contributed by atoms with van der Waals surface area (Å²) in [5.74, 6) is 0.111. The Hall–Kier alpha value is -3.11. The molecule has 0 spiro atoms. The normalized spacial score (nSPS) is 10.3. The number of aliphatic hydroxyl groups is 1. The van der Waals surface area contributed by atoms with Gasteiger partial charge >= 0.3 is 6.09 Å². The van der Waals surface area contributed by atoms with E-state index >= 15 is 0 Å². The van der Waals surface area contributed by atoms with Gasteiger partial charge in [-0.2, -0.15) is 0 Å². The number of nitrogens with one attached hydrogen (secondary N) is 2. The van der Waals surface area contributed by atoms with E-state index in [1.807, 2.05) is 0 Å². The van der Waals surface area contributed by atoms with E-state index in [9.17, 15) is 4.79 Å². The molecule has 0 unspecified atom stereocenters. The molecule has 0 aliphatic carbocycles. The number of thiazole rings is 1. The smallest absolute Gasteiger partial charge is 0.390 e. The van der Waals surface area contributed by atoms with Crippen molar-refractivity contribution in [2.45, 2.75) is 13.5 Å². The van der Waals surface area contributed by atoms with Crippen LogP contribution < -0.4 is 15.4 Å². The van der Waals surface area contributed by atoms with Crippen LogP contribution in [0.25, 0.3) is 0 Å². The topological polar surface area (TPSA) is 122 Å². The van der Waals surface area contributed by atoms with Crippen LogP contribution in [0.15, 0.2) is 36.2 Å². The second kappa shape index (κ2) is 7.64. The van der Waals surface area contributed by atoms with Crippen molar-refractivity contribution in [3.8, 4) is 5.88 Å². The molecule has 0 aliphatic heterocycles. The van der Waals surface area contributed by atoms with Crippen molar-refractivity contribution in [1.29, 1.82) is 0 Å². The standard InChI is InChI=1S/C15H14N6O3S/c1-9-2-3-12(19-10-4-16-8-17-5-10)13(18-9)24-15(23)21-14-20-11(6-22)7-25-14/h2-5,7-8,19,22H,6H2,1H3,(H,20,21,23). The molecule has 128 valence electrons. The fraction of sp³-hybridized carbons (Fsp3) is 0.133. The molecule has 0 fully saturated rings. The van der Waals surface area contributed by atoms with Crippen molar-refractivity contribution in [2.75, 3.05) is 10.6 Å². The molecule has 0 aliphatic rings. The quantitative estimate of drug-likeness (QED) is 0.636. The molecule has 3 aromatic rings. The number of carbonyl (C=O) groups is 1. The van der Waals surface area contributed by atoms with E-state index in [2.05, 4.69) is 30.6 Å². The minimum Gasteiger partial charge on any atom is -0.390 e. The summed E-state index contributed by atoms with van der Waals surface area (Å²) in [5, 5.41) is 16.5. The van der Waals surface area contributed by atoms with Crippen LogP contribution in [0.2, 0.25) is 0 Å². The zero-order valence-corrected chi connectivity index (χ0v) is 13.9. The maximum Gasteiger partial charge on any atom is 0.420 e. The highest BCUT2D eigenvalue weighted by atomic mass is 32.1. The second-order valence-electron chi connectivity index (χ2n) is 4.87. The van der Waals surface area contributed by atoms with Gasteiger partial charge in [0, 0.05) is 11.1 Å². The number of rotatable bonds is 5. The SMILES string of the molecule is Cc1ccc(Nc2cncnc2)c(OC(=O)Nc2nc(CO)cs2)n1. The van der Waals surface area contributed by atoms with Crippen LogP contribution in [0.4, 0.5) is 21.3 Å². The third kappa shape index (κ3) is 4.46. The molecular formula is C15H14N6O3S. The third-order valence-corrected chi connectivity index (χ3v) is 3.76. The van der Waals surface area contributed by atoms with Gasteiger partial charge in [-0.15, -0.1) is 11.3 Å². The summed E-state index contributed by atoms with van der Waals surface area (Å²) in [4.78, 5) is 28.2. The van der Waals surface area contributed by atoms with Crippen LogP contribution in [0.3, 0.4) is 0 Å². The summed E-state index contributed by atoms with van der Waals surface area (Å²) in [6.45, 7) is 1.59. The van der Waals surface area contributed by atoms with Gasteiger partial charge in [-0.25, -0.2) is 24.7 Å². The molecule has 0 atom stereocenters. The maximum absolute atomic E-state index is 12.1. The summed E-state index contributed by atoms with van der Waals surface area (Å²) in [6, 6.07) is 3.52. The lowest BCUT2D eigenvalue weighted by molar-refractivity contribution is 0.213. The van der Waals surface area contributed by atoms with Crippen molar-refractivity contribution in [3.05, 3.63) is 47.6 Å². The van der Waals surface area contributed by atoms with Crippen molar-refractivity contribution in [1.82, 2.24) is 19.9 Å². The van der Waals surface area contributed by atoms with E-state index in [0.717, 1.165) is 0 Å². The predicted molar refractivity (Wildman–Crippen MR) is 92.0 cm³/mol. The number of ether oxygens (including phenoxy) is 1. The zero-order valence-electron chi connectivity index (χ0n) is 13.1. The van der Waals surface area contributed by atoms with Crippen LogP contribution in [-0.4, -0.2) is 31.1 Å². The van der Waals surface area contributed by atoms with Gasteiger partial charge in [0.2, 0.25) is 5.88 Å². The molecule has 0 aromatic carbocycles. The molecule has 25 heavy (non-hydrogen) atoms. The minimum absolute atomic E-state index is 0.111. The highest BCUT2D eigenvalue weighted by molar-refractivity contribution is 7.13. The molecule has 10 heteroatoms. The largest absolute Gasteiger partial charge is 0.420 e. The highest BCUT2D eigenvalue weighted by Crippen LogP contribution is 2.26. The van der Waals surface area contributed by atoms with Crippen LogP contribution in [-0.2, 0) is 6.61 Å². The average molecular weight is 358 g/mol. The number of hydrogen-bond donors (Lipinski definition) is 3. The van der Waals surface area contributed by atoms with Gasteiger partial charge in [-0.1, -0.05) is 0 Å². The Kier molecular flexibility index (Phi) is 5.11. The summed E-state index contributed by atoms with van der Waals surface area (Å²) in [7, 11) is 0. The zero-order chi connectivity index (χ0) is 17.6. The van der Waals surface area contributed by atoms with Crippen molar-refractivity contribution < 1.29 is 14.6 Å². The fourth-order valence-electron chi connectivity index (χ4n) is 1.86. The lowest BCUT2D eigenvalue weighted by Crippen LogP contribution is -2.18. The molecular weight excluding hydrogens is 344 g/mol. The van der Waals surface area contributed by atoms with E-state index in [1.165, 1.54) is 17.7 Å². The first kappa shape index (κ1) is 16.7. The number of aryl methyl sites for hydroxylation is 1. The van der Waals surface area contributed by atoms with Gasteiger partial charge in [0.1, 0.15) is 12.0 Å². The first-order valence-corrected chi connectivity index (χ1v) is 8.06. The van der Waals surface area contributed by atoms with Crippen molar-refractivity contribution in [3.63, 3.8) is 0 Å². The highest BCUT2D eigenvalue weighted by Gasteiger charge is 2.14. The van der Waals surface area contributed by atoms with E-state index in [-0.39, 0.29) is 12.5 Å². The maximum atomic E-state index is 12.1. The van der Waals surface area contributed by atoms with Gasteiger partial charge in [-0.05, 0) is 19.1 Å². The number of carbonyl (C=O) groups excluding carboxylic acids is 1.